The quantitative estimate of drug-likeness (QED) is 0.367. The Bertz CT molecular complexity index is 1130. The molecule has 8 nitrogen and oxygen atoms in total. The van der Waals surface area contributed by atoms with Crippen molar-refractivity contribution in [2.24, 2.45) is 5.41 Å². The van der Waals surface area contributed by atoms with Gasteiger partial charge in [-0.1, -0.05) is 63.2 Å². The highest BCUT2D eigenvalue weighted by molar-refractivity contribution is 5.93. The molecule has 2 aromatic carbocycles. The summed E-state index contributed by atoms with van der Waals surface area (Å²) in [7, 11) is 0. The molecule has 1 heterocycles. The van der Waals surface area contributed by atoms with E-state index in [1.807, 2.05) is 63.2 Å². The number of carbonyl (C=O) groups is 3. The van der Waals surface area contributed by atoms with Crippen molar-refractivity contribution in [1.29, 1.82) is 0 Å². The van der Waals surface area contributed by atoms with Gasteiger partial charge >= 0.3 is 0 Å². The first-order valence-corrected chi connectivity index (χ1v) is 13.4. The van der Waals surface area contributed by atoms with Crippen LogP contribution in [-0.4, -0.2) is 71.6 Å². The number of hydrogen-bond donors (Lipinski definition) is 4. The number of hydrogen-bond acceptors (Lipinski definition) is 5. The third-order valence-corrected chi connectivity index (χ3v) is 7.08. The molecule has 1 aliphatic heterocycles. The number of aliphatic hydroxyl groups is 1. The van der Waals surface area contributed by atoms with Gasteiger partial charge in [0.05, 0.1) is 6.10 Å². The van der Waals surface area contributed by atoms with Gasteiger partial charge in [0.15, 0.2) is 0 Å². The number of fused-ring (bicyclic) bond motifs is 1. The van der Waals surface area contributed by atoms with Crippen LogP contribution in [-0.2, 0) is 20.8 Å². The summed E-state index contributed by atoms with van der Waals surface area (Å²) in [5.41, 5.74) is 0.333. The lowest BCUT2D eigenvalue weighted by molar-refractivity contribution is -0.145. The standard InChI is InChI=1S/C29H40N4O4.ClH/c1-29(2,3)28(37)33-14-6-9-25(33)27(36)32-24(26(35)31-18-23(34)17-30-22-12-13-22)16-19-10-11-20-7-4-5-8-21(20)15-19;/h4-5,7-8,10-11,15,22-25,30,34H,6,9,12-14,16-18H2,1-3H3,(H,31,35)(H,32,36);1H/t23?,24-,25?;/m1./s1. The molecule has 38 heavy (non-hydrogen) atoms. The van der Waals surface area contributed by atoms with Gasteiger partial charge in [-0.2, -0.15) is 0 Å². The lowest BCUT2D eigenvalue weighted by Gasteiger charge is -2.31. The summed E-state index contributed by atoms with van der Waals surface area (Å²) in [5, 5.41) is 21.4. The van der Waals surface area contributed by atoms with Gasteiger partial charge in [0.1, 0.15) is 12.1 Å². The van der Waals surface area contributed by atoms with Crippen molar-refractivity contribution in [3.63, 3.8) is 0 Å². The maximum absolute atomic E-state index is 13.4. The highest BCUT2D eigenvalue weighted by atomic mass is 35.5. The van der Waals surface area contributed by atoms with E-state index in [0.717, 1.165) is 35.6 Å². The molecule has 4 N–H and O–H groups in total. The van der Waals surface area contributed by atoms with Gasteiger partial charge in [-0.15, -0.1) is 12.4 Å². The van der Waals surface area contributed by atoms with E-state index in [0.29, 0.717) is 32.0 Å². The summed E-state index contributed by atoms with van der Waals surface area (Å²) in [6.07, 6.45) is 3.16. The van der Waals surface area contributed by atoms with E-state index >= 15 is 0 Å². The number of nitrogens with zero attached hydrogens (tertiary/aromatic N) is 1. The fourth-order valence-corrected chi connectivity index (χ4v) is 4.80. The van der Waals surface area contributed by atoms with Crippen LogP contribution in [0.25, 0.3) is 10.8 Å². The Morgan fingerprint density at radius 2 is 1.74 bits per heavy atom. The van der Waals surface area contributed by atoms with Crippen LogP contribution in [0.3, 0.4) is 0 Å². The third kappa shape index (κ3) is 7.91. The molecule has 3 atom stereocenters. The van der Waals surface area contributed by atoms with E-state index in [1.165, 1.54) is 0 Å². The number of aliphatic hydroxyl groups excluding tert-OH is 1. The number of likely N-dealkylation sites (tertiary alicyclic amines) is 1. The molecule has 2 aromatic rings. The second-order valence-corrected chi connectivity index (χ2v) is 11.4. The van der Waals surface area contributed by atoms with Crippen LogP contribution in [0.15, 0.2) is 42.5 Å². The van der Waals surface area contributed by atoms with Gasteiger partial charge in [0.25, 0.3) is 0 Å². The van der Waals surface area contributed by atoms with Gasteiger partial charge in [-0.3, -0.25) is 14.4 Å². The average Bonchev–Trinajstić information content (AvgIpc) is 3.57. The fraction of sp³-hybridized carbons (Fsp3) is 0.552. The van der Waals surface area contributed by atoms with Crippen molar-refractivity contribution >= 4 is 40.9 Å². The maximum atomic E-state index is 13.4. The number of halogens is 1. The van der Waals surface area contributed by atoms with E-state index in [2.05, 4.69) is 16.0 Å². The normalized spacial score (nSPS) is 18.9. The molecule has 2 unspecified atom stereocenters. The van der Waals surface area contributed by atoms with Gasteiger partial charge in [0, 0.05) is 37.5 Å². The number of amides is 3. The van der Waals surface area contributed by atoms with E-state index in [-0.39, 0.29) is 36.7 Å². The zero-order valence-electron chi connectivity index (χ0n) is 22.5. The second-order valence-electron chi connectivity index (χ2n) is 11.4. The first kappa shape index (κ1) is 29.9. The Hall–Kier alpha value is -2.68. The van der Waals surface area contributed by atoms with Crippen LogP contribution in [0.2, 0.25) is 0 Å². The van der Waals surface area contributed by atoms with Crippen LogP contribution >= 0.6 is 12.4 Å². The predicted molar refractivity (Wildman–Crippen MR) is 151 cm³/mol. The summed E-state index contributed by atoms with van der Waals surface area (Å²) in [5.74, 6) is -0.724. The molecule has 1 aliphatic carbocycles. The zero-order chi connectivity index (χ0) is 26.6. The maximum Gasteiger partial charge on any atom is 0.243 e. The summed E-state index contributed by atoms with van der Waals surface area (Å²) < 4.78 is 0. The molecule has 1 saturated heterocycles. The van der Waals surface area contributed by atoms with Crippen molar-refractivity contribution in [2.45, 2.75) is 77.1 Å². The number of nitrogens with one attached hydrogen (secondary N) is 3. The molecular formula is C29H41ClN4O4. The predicted octanol–water partition coefficient (Wildman–Crippen LogP) is 2.56. The van der Waals surface area contributed by atoms with Crippen molar-refractivity contribution < 1.29 is 19.5 Å². The highest BCUT2D eigenvalue weighted by Crippen LogP contribution is 2.26. The second kappa shape index (κ2) is 12.9. The molecule has 1 saturated carbocycles. The van der Waals surface area contributed by atoms with Crippen LogP contribution in [0.1, 0.15) is 52.0 Å². The molecule has 0 aromatic heterocycles. The Balaban J connectivity index is 0.00000400. The minimum Gasteiger partial charge on any atom is -0.390 e. The van der Waals surface area contributed by atoms with Crippen LogP contribution in [0.5, 0.6) is 0 Å². The molecule has 2 fully saturated rings. The SMILES string of the molecule is CC(C)(C)C(=O)N1CCCC1C(=O)N[C@H](Cc1ccc2ccccc2c1)C(=O)NCC(O)CNC1CC1.Cl. The largest absolute Gasteiger partial charge is 0.390 e. The summed E-state index contributed by atoms with van der Waals surface area (Å²) >= 11 is 0. The van der Waals surface area contributed by atoms with Crippen LogP contribution in [0.4, 0.5) is 0 Å². The minimum absolute atomic E-state index is 0. The first-order valence-electron chi connectivity index (χ1n) is 13.4. The molecule has 3 amide bonds. The molecule has 0 radical (unpaired) electrons. The number of carbonyl (C=O) groups excluding carboxylic acids is 3. The summed E-state index contributed by atoms with van der Waals surface area (Å²) in [6.45, 7) is 6.60. The summed E-state index contributed by atoms with van der Waals surface area (Å²) in [6, 6.07) is 13.1. The zero-order valence-corrected chi connectivity index (χ0v) is 23.4. The van der Waals surface area contributed by atoms with E-state index in [1.54, 1.807) is 4.90 Å². The smallest absolute Gasteiger partial charge is 0.243 e. The molecule has 4 rings (SSSR count). The lowest BCUT2D eigenvalue weighted by Crippen LogP contribution is -2.55. The minimum atomic E-state index is -0.829. The van der Waals surface area contributed by atoms with E-state index in [9.17, 15) is 19.5 Å². The van der Waals surface area contributed by atoms with Gasteiger partial charge in [-0.05, 0) is 42.0 Å². The monoisotopic (exact) mass is 544 g/mol. The van der Waals surface area contributed by atoms with Gasteiger partial charge in [0.2, 0.25) is 17.7 Å². The number of benzene rings is 2. The first-order chi connectivity index (χ1) is 17.6. The molecule has 0 bridgehead atoms. The molecule has 2 aliphatic rings. The lowest BCUT2D eigenvalue weighted by atomic mass is 9.94. The van der Waals surface area contributed by atoms with Crippen LogP contribution < -0.4 is 16.0 Å². The average molecular weight is 545 g/mol. The molecule has 9 heteroatoms. The van der Waals surface area contributed by atoms with Crippen LogP contribution in [0, 0.1) is 5.41 Å². The topological polar surface area (TPSA) is 111 Å². The van der Waals surface area contributed by atoms with Gasteiger partial charge < -0.3 is 26.0 Å². The summed E-state index contributed by atoms with van der Waals surface area (Å²) in [4.78, 5) is 41.2. The highest BCUT2D eigenvalue weighted by Gasteiger charge is 2.39. The van der Waals surface area contributed by atoms with Crippen molar-refractivity contribution in [1.82, 2.24) is 20.9 Å². The van der Waals surface area contributed by atoms with Crippen molar-refractivity contribution in [3.8, 4) is 0 Å². The third-order valence-electron chi connectivity index (χ3n) is 7.08. The fourth-order valence-electron chi connectivity index (χ4n) is 4.80. The van der Waals surface area contributed by atoms with E-state index in [4.69, 9.17) is 0 Å². The van der Waals surface area contributed by atoms with Crippen molar-refractivity contribution in [2.75, 3.05) is 19.6 Å². The Labute approximate surface area is 231 Å². The Kier molecular flexibility index (Phi) is 10.2. The molecule has 0 spiro atoms. The molecular weight excluding hydrogens is 504 g/mol. The van der Waals surface area contributed by atoms with Gasteiger partial charge in [-0.25, -0.2) is 0 Å². The Morgan fingerprint density at radius 1 is 1.03 bits per heavy atom. The molecule has 208 valence electrons. The Morgan fingerprint density at radius 3 is 2.42 bits per heavy atom. The van der Waals surface area contributed by atoms with Crippen molar-refractivity contribution in [3.05, 3.63) is 48.0 Å². The van der Waals surface area contributed by atoms with E-state index < -0.39 is 23.6 Å². The number of rotatable bonds is 10.